The van der Waals surface area contributed by atoms with Crippen LogP contribution >= 0.6 is 24.0 Å². The summed E-state index contributed by atoms with van der Waals surface area (Å²) in [6, 6.07) is 8.75. The van der Waals surface area contributed by atoms with Gasteiger partial charge in [-0.1, -0.05) is 29.8 Å². The second-order valence-corrected chi connectivity index (χ2v) is 10.2. The molecule has 5 nitrogen and oxygen atoms in total. The molecule has 1 fully saturated rings. The zero-order valence-electron chi connectivity index (χ0n) is 17.3. The second-order valence-electron chi connectivity index (χ2n) is 7.89. The number of hydrogen-bond donors (Lipinski definition) is 1. The first-order valence-electron chi connectivity index (χ1n) is 9.41. The summed E-state index contributed by atoms with van der Waals surface area (Å²) in [5, 5.41) is 3.38. The Bertz CT molecular complexity index is 637. The van der Waals surface area contributed by atoms with E-state index in [0.29, 0.717) is 12.3 Å². The second kappa shape index (κ2) is 11.4. The van der Waals surface area contributed by atoms with Crippen LogP contribution in [0.15, 0.2) is 29.3 Å². The van der Waals surface area contributed by atoms with E-state index in [1.54, 1.807) is 0 Å². The molecule has 1 aromatic rings. The lowest BCUT2D eigenvalue weighted by Gasteiger charge is -2.36. The first kappa shape index (κ1) is 24.4. The van der Waals surface area contributed by atoms with Crippen molar-refractivity contribution in [1.29, 1.82) is 0 Å². The fraction of sp³-hybridized carbons (Fsp3) is 0.650. The van der Waals surface area contributed by atoms with Gasteiger partial charge in [0.1, 0.15) is 0 Å². The summed E-state index contributed by atoms with van der Waals surface area (Å²) in [6.07, 6.45) is 0. The van der Waals surface area contributed by atoms with Crippen LogP contribution in [0.2, 0.25) is 0 Å². The number of benzene rings is 1. The maximum Gasteiger partial charge on any atom is 0.193 e. The molecule has 1 aromatic carbocycles. The molecule has 7 heteroatoms. The fourth-order valence-corrected chi connectivity index (χ4v) is 3.98. The largest absolute Gasteiger partial charge is 0.355 e. The highest BCUT2D eigenvalue weighted by atomic mass is 127. The molecule has 27 heavy (non-hydrogen) atoms. The van der Waals surface area contributed by atoms with E-state index in [1.165, 1.54) is 11.1 Å². The molecule has 0 aliphatic carbocycles. The lowest BCUT2D eigenvalue weighted by molar-refractivity contribution is 0.172. The maximum absolute atomic E-state index is 12.2. The number of guanidine groups is 1. The van der Waals surface area contributed by atoms with E-state index < -0.39 is 10.8 Å². The quantitative estimate of drug-likeness (QED) is 0.379. The molecular weight excluding hydrogens is 471 g/mol. The summed E-state index contributed by atoms with van der Waals surface area (Å²) in [4.78, 5) is 9.20. The molecule has 0 spiro atoms. The average molecular weight is 506 g/mol. The predicted octanol–water partition coefficient (Wildman–Crippen LogP) is 2.85. The Morgan fingerprint density at radius 2 is 1.89 bits per heavy atom. The average Bonchev–Trinajstić information content (AvgIpc) is 2.59. The molecule has 0 radical (unpaired) electrons. The van der Waals surface area contributed by atoms with Gasteiger partial charge in [-0.05, 0) is 33.3 Å². The molecule has 0 bridgehead atoms. The van der Waals surface area contributed by atoms with E-state index >= 15 is 0 Å². The van der Waals surface area contributed by atoms with Gasteiger partial charge in [0, 0.05) is 67.6 Å². The van der Waals surface area contributed by atoms with Crippen molar-refractivity contribution >= 4 is 40.7 Å². The van der Waals surface area contributed by atoms with Crippen LogP contribution in [0.4, 0.5) is 0 Å². The molecule has 1 aliphatic rings. The van der Waals surface area contributed by atoms with E-state index in [4.69, 9.17) is 0 Å². The van der Waals surface area contributed by atoms with Crippen molar-refractivity contribution in [3.8, 4) is 0 Å². The summed E-state index contributed by atoms with van der Waals surface area (Å²) >= 11 is 0. The first-order valence-corrected chi connectivity index (χ1v) is 10.7. The number of aliphatic imine (C=N–C) groups is 1. The molecule has 1 unspecified atom stereocenters. The molecule has 154 valence electrons. The van der Waals surface area contributed by atoms with Gasteiger partial charge in [0.2, 0.25) is 0 Å². The summed E-state index contributed by atoms with van der Waals surface area (Å²) < 4.78 is 12.0. The van der Waals surface area contributed by atoms with Gasteiger partial charge >= 0.3 is 0 Å². The molecule has 1 saturated heterocycles. The van der Waals surface area contributed by atoms with Crippen LogP contribution in [0, 0.1) is 6.92 Å². The number of aryl methyl sites for hydroxylation is 1. The van der Waals surface area contributed by atoms with Gasteiger partial charge in [-0.25, -0.2) is 0 Å². The molecule has 1 heterocycles. The van der Waals surface area contributed by atoms with Crippen molar-refractivity contribution in [3.05, 3.63) is 35.4 Å². The van der Waals surface area contributed by atoms with Gasteiger partial charge < -0.3 is 10.2 Å². The van der Waals surface area contributed by atoms with Crippen molar-refractivity contribution in [2.75, 3.05) is 45.5 Å². The Balaban J connectivity index is 0.00000364. The normalized spacial score (nSPS) is 17.4. The lowest BCUT2D eigenvalue weighted by atomic mass is 10.1. The minimum absolute atomic E-state index is 0. The standard InChI is InChI=1S/C20H34N4OS.HI/c1-17-7-6-8-18(15-17)16-23-10-12-24(13-11-23)19(21-5)22-9-14-26(25)20(2,3)4;/h6-8,15H,9-14,16H2,1-5H3,(H,21,22);1H. The Kier molecular flexibility index (Phi) is 10.3. The number of hydrogen-bond acceptors (Lipinski definition) is 3. The van der Waals surface area contributed by atoms with Gasteiger partial charge in [0.25, 0.3) is 0 Å². The monoisotopic (exact) mass is 506 g/mol. The summed E-state index contributed by atoms with van der Waals surface area (Å²) in [7, 11) is 0.986. The van der Waals surface area contributed by atoms with Gasteiger partial charge in [0.05, 0.1) is 0 Å². The molecule has 1 atom stereocenters. The molecule has 1 aliphatic heterocycles. The van der Waals surface area contributed by atoms with Crippen LogP contribution < -0.4 is 5.32 Å². The number of nitrogens with one attached hydrogen (secondary N) is 1. The van der Waals surface area contributed by atoms with Crippen LogP contribution in [0.5, 0.6) is 0 Å². The number of rotatable bonds is 5. The van der Waals surface area contributed by atoms with Crippen molar-refractivity contribution in [2.24, 2.45) is 4.99 Å². The van der Waals surface area contributed by atoms with E-state index in [0.717, 1.165) is 38.7 Å². The molecule has 2 rings (SSSR count). The Hall–Kier alpha value is -0.670. The third-order valence-corrected chi connectivity index (χ3v) is 6.57. The van der Waals surface area contributed by atoms with E-state index in [1.807, 2.05) is 27.8 Å². The Morgan fingerprint density at radius 3 is 2.44 bits per heavy atom. The Labute approximate surface area is 184 Å². The van der Waals surface area contributed by atoms with Gasteiger partial charge in [-0.2, -0.15) is 0 Å². The minimum atomic E-state index is -0.835. The van der Waals surface area contributed by atoms with Gasteiger partial charge in [0.15, 0.2) is 5.96 Å². The smallest absolute Gasteiger partial charge is 0.193 e. The van der Waals surface area contributed by atoms with Crippen LogP contribution in [-0.4, -0.2) is 70.2 Å². The highest BCUT2D eigenvalue weighted by Gasteiger charge is 2.21. The van der Waals surface area contributed by atoms with Crippen molar-refractivity contribution in [1.82, 2.24) is 15.1 Å². The van der Waals surface area contributed by atoms with Crippen LogP contribution in [0.1, 0.15) is 31.9 Å². The lowest BCUT2D eigenvalue weighted by Crippen LogP contribution is -2.52. The molecule has 1 N–H and O–H groups in total. The predicted molar refractivity (Wildman–Crippen MR) is 128 cm³/mol. The van der Waals surface area contributed by atoms with Crippen LogP contribution in [0.25, 0.3) is 0 Å². The zero-order chi connectivity index (χ0) is 19.2. The maximum atomic E-state index is 12.2. The van der Waals surface area contributed by atoms with E-state index in [9.17, 15) is 4.21 Å². The highest BCUT2D eigenvalue weighted by Crippen LogP contribution is 2.12. The van der Waals surface area contributed by atoms with Gasteiger partial charge in [-0.3, -0.25) is 14.1 Å². The van der Waals surface area contributed by atoms with Crippen molar-refractivity contribution in [3.63, 3.8) is 0 Å². The number of halogens is 1. The fourth-order valence-electron chi connectivity index (χ4n) is 3.08. The van der Waals surface area contributed by atoms with Crippen LogP contribution in [-0.2, 0) is 17.3 Å². The van der Waals surface area contributed by atoms with Gasteiger partial charge in [-0.15, -0.1) is 24.0 Å². The first-order chi connectivity index (χ1) is 12.3. The molecule has 0 aromatic heterocycles. The zero-order valence-corrected chi connectivity index (χ0v) is 20.5. The Morgan fingerprint density at radius 1 is 1.22 bits per heavy atom. The number of piperazine rings is 1. The molecule has 0 amide bonds. The van der Waals surface area contributed by atoms with Crippen molar-refractivity contribution < 1.29 is 4.21 Å². The minimum Gasteiger partial charge on any atom is -0.355 e. The third kappa shape index (κ3) is 8.07. The number of nitrogens with zero attached hydrogens (tertiary/aromatic N) is 3. The summed E-state index contributed by atoms with van der Waals surface area (Å²) in [5.41, 5.74) is 2.70. The van der Waals surface area contributed by atoms with Crippen LogP contribution in [0.3, 0.4) is 0 Å². The summed E-state index contributed by atoms with van der Waals surface area (Å²) in [6.45, 7) is 13.9. The van der Waals surface area contributed by atoms with E-state index in [-0.39, 0.29) is 28.7 Å². The highest BCUT2D eigenvalue weighted by molar-refractivity contribution is 14.0. The van der Waals surface area contributed by atoms with Crippen molar-refractivity contribution in [2.45, 2.75) is 39.0 Å². The SMILES string of the molecule is CN=C(NCCS(=O)C(C)(C)C)N1CCN(Cc2cccc(C)c2)CC1.I. The molecule has 0 saturated carbocycles. The topological polar surface area (TPSA) is 47.9 Å². The third-order valence-electron chi connectivity index (χ3n) is 4.63. The molecular formula is C20H35IN4OS. The van der Waals surface area contributed by atoms with E-state index in [2.05, 4.69) is 51.3 Å². The summed E-state index contributed by atoms with van der Waals surface area (Å²) in [5.74, 6) is 1.57.